The van der Waals surface area contributed by atoms with Crippen molar-refractivity contribution in [2.24, 2.45) is 0 Å². The largest absolute Gasteiger partial charge is 0.444 e. The first-order valence-corrected chi connectivity index (χ1v) is 5.81. The summed E-state index contributed by atoms with van der Waals surface area (Å²) in [4.78, 5) is 25.1. The van der Waals surface area contributed by atoms with Crippen LogP contribution in [0, 0.1) is 11.8 Å². The third kappa shape index (κ3) is 3.77. The lowest BCUT2D eigenvalue weighted by molar-refractivity contribution is -0.117. The van der Waals surface area contributed by atoms with Crippen molar-refractivity contribution in [3.63, 3.8) is 0 Å². The van der Waals surface area contributed by atoms with Crippen molar-refractivity contribution in [3.8, 4) is 11.8 Å². The van der Waals surface area contributed by atoms with E-state index in [1.54, 1.807) is 6.92 Å². The lowest BCUT2D eigenvalue weighted by atomic mass is 10.1. The number of hydrogen-bond acceptors (Lipinski definition) is 3. The third-order valence-corrected chi connectivity index (χ3v) is 2.43. The molecule has 0 saturated carbocycles. The van der Waals surface area contributed by atoms with Gasteiger partial charge < -0.3 is 4.74 Å². The summed E-state index contributed by atoms with van der Waals surface area (Å²) in [5, 5.41) is 0. The molecule has 0 aromatic carbocycles. The molecule has 4 heteroatoms. The molecule has 17 heavy (non-hydrogen) atoms. The molecule has 0 aromatic heterocycles. The summed E-state index contributed by atoms with van der Waals surface area (Å²) in [7, 11) is 0. The molecule has 1 rings (SSSR count). The SMILES string of the molecule is CC#CC(=O)C1CCCN1C(=O)OC(C)(C)C. The van der Waals surface area contributed by atoms with Crippen LogP contribution in [0.5, 0.6) is 0 Å². The zero-order valence-electron chi connectivity index (χ0n) is 10.9. The van der Waals surface area contributed by atoms with E-state index in [0.717, 1.165) is 6.42 Å². The topological polar surface area (TPSA) is 46.6 Å². The first-order valence-electron chi connectivity index (χ1n) is 5.81. The van der Waals surface area contributed by atoms with Crippen LogP contribution in [0.3, 0.4) is 0 Å². The normalized spacial score (nSPS) is 19.5. The van der Waals surface area contributed by atoms with E-state index in [1.165, 1.54) is 4.90 Å². The molecule has 0 aromatic rings. The van der Waals surface area contributed by atoms with E-state index >= 15 is 0 Å². The zero-order chi connectivity index (χ0) is 13.1. The van der Waals surface area contributed by atoms with E-state index in [-0.39, 0.29) is 5.78 Å². The Balaban J connectivity index is 2.72. The average Bonchev–Trinajstić information content (AvgIpc) is 2.63. The van der Waals surface area contributed by atoms with Crippen LogP contribution in [0.4, 0.5) is 4.79 Å². The second kappa shape index (κ2) is 5.22. The van der Waals surface area contributed by atoms with Crippen LogP contribution in [0.2, 0.25) is 0 Å². The Morgan fingerprint density at radius 1 is 1.35 bits per heavy atom. The summed E-state index contributed by atoms with van der Waals surface area (Å²) in [6.45, 7) is 7.61. The first-order chi connectivity index (χ1) is 7.85. The Morgan fingerprint density at radius 2 is 2.00 bits per heavy atom. The van der Waals surface area contributed by atoms with Crippen molar-refractivity contribution in [2.75, 3.05) is 6.54 Å². The molecular weight excluding hydrogens is 218 g/mol. The summed E-state index contributed by atoms with van der Waals surface area (Å²) in [5.41, 5.74) is -0.538. The number of Topliss-reactive ketones (excluding diaryl/α,β-unsaturated/α-hetero) is 1. The van der Waals surface area contributed by atoms with Gasteiger partial charge in [0, 0.05) is 6.54 Å². The summed E-state index contributed by atoms with van der Waals surface area (Å²) in [6, 6.07) is -0.433. The fourth-order valence-corrected chi connectivity index (χ4v) is 1.78. The number of hydrogen-bond donors (Lipinski definition) is 0. The zero-order valence-corrected chi connectivity index (χ0v) is 10.9. The highest BCUT2D eigenvalue weighted by Gasteiger charge is 2.35. The molecule has 0 radical (unpaired) electrons. The predicted molar refractivity (Wildman–Crippen MR) is 64.4 cm³/mol. The molecule has 1 aliphatic heterocycles. The van der Waals surface area contributed by atoms with Crippen LogP contribution in [0.1, 0.15) is 40.5 Å². The van der Waals surface area contributed by atoms with Crippen molar-refractivity contribution in [3.05, 3.63) is 0 Å². The van der Waals surface area contributed by atoms with Gasteiger partial charge in [0.2, 0.25) is 5.78 Å². The van der Waals surface area contributed by atoms with E-state index in [0.29, 0.717) is 13.0 Å². The highest BCUT2D eigenvalue weighted by molar-refractivity contribution is 6.01. The van der Waals surface area contributed by atoms with Gasteiger partial charge in [-0.25, -0.2) is 4.79 Å². The molecule has 0 aliphatic carbocycles. The van der Waals surface area contributed by atoms with Crippen LogP contribution in [0.15, 0.2) is 0 Å². The second-order valence-electron chi connectivity index (χ2n) is 5.07. The van der Waals surface area contributed by atoms with Gasteiger partial charge in [-0.15, -0.1) is 0 Å². The fourth-order valence-electron chi connectivity index (χ4n) is 1.78. The second-order valence-corrected chi connectivity index (χ2v) is 5.07. The molecule has 0 N–H and O–H groups in total. The number of nitrogens with zero attached hydrogens (tertiary/aromatic N) is 1. The van der Waals surface area contributed by atoms with E-state index in [2.05, 4.69) is 11.8 Å². The smallest absolute Gasteiger partial charge is 0.410 e. The number of amides is 1. The van der Waals surface area contributed by atoms with Gasteiger partial charge in [0.1, 0.15) is 11.6 Å². The maximum absolute atomic E-state index is 11.9. The molecule has 1 aliphatic rings. The average molecular weight is 237 g/mol. The number of carbonyl (C=O) groups is 2. The Bertz CT molecular complexity index is 370. The number of carbonyl (C=O) groups excluding carboxylic acids is 2. The van der Waals surface area contributed by atoms with E-state index < -0.39 is 17.7 Å². The van der Waals surface area contributed by atoms with E-state index in [9.17, 15) is 9.59 Å². The number of ketones is 1. The lowest BCUT2D eigenvalue weighted by Crippen LogP contribution is -2.43. The molecule has 1 saturated heterocycles. The van der Waals surface area contributed by atoms with Crippen molar-refractivity contribution < 1.29 is 14.3 Å². The minimum Gasteiger partial charge on any atom is -0.444 e. The van der Waals surface area contributed by atoms with Crippen molar-refractivity contribution in [1.29, 1.82) is 0 Å². The lowest BCUT2D eigenvalue weighted by Gasteiger charge is -2.27. The summed E-state index contributed by atoms with van der Waals surface area (Å²) >= 11 is 0. The Morgan fingerprint density at radius 3 is 2.53 bits per heavy atom. The first kappa shape index (κ1) is 13.6. The highest BCUT2D eigenvalue weighted by Crippen LogP contribution is 2.21. The summed E-state index contributed by atoms with van der Waals surface area (Å²) < 4.78 is 5.27. The van der Waals surface area contributed by atoms with E-state index in [4.69, 9.17) is 4.74 Å². The molecule has 0 bridgehead atoms. The molecule has 0 spiro atoms. The molecule has 4 nitrogen and oxygen atoms in total. The van der Waals surface area contributed by atoms with Gasteiger partial charge in [-0.1, -0.05) is 5.92 Å². The van der Waals surface area contributed by atoms with Crippen LogP contribution < -0.4 is 0 Å². The predicted octanol–water partition coefficient (Wildman–Crippen LogP) is 1.98. The Kier molecular flexibility index (Phi) is 4.17. The summed E-state index contributed by atoms with van der Waals surface area (Å²) in [6.07, 6.45) is 1.07. The van der Waals surface area contributed by atoms with Crippen molar-refractivity contribution in [2.45, 2.75) is 52.2 Å². The van der Waals surface area contributed by atoms with Crippen LogP contribution in [0.25, 0.3) is 0 Å². The molecule has 1 unspecified atom stereocenters. The maximum Gasteiger partial charge on any atom is 0.410 e. The molecule has 1 amide bonds. The maximum atomic E-state index is 11.9. The van der Waals surface area contributed by atoms with Gasteiger partial charge in [-0.3, -0.25) is 9.69 Å². The number of ether oxygens (including phenoxy) is 1. The molecule has 94 valence electrons. The Hall–Kier alpha value is -1.50. The molecular formula is C13H19NO3. The standard InChI is InChI=1S/C13H19NO3/c1-5-7-11(15)10-8-6-9-14(10)12(16)17-13(2,3)4/h10H,6,8-9H2,1-4H3. The summed E-state index contributed by atoms with van der Waals surface area (Å²) in [5.74, 6) is 4.87. The van der Waals surface area contributed by atoms with Crippen LogP contribution >= 0.6 is 0 Å². The molecule has 1 heterocycles. The van der Waals surface area contributed by atoms with Gasteiger partial charge in [0.05, 0.1) is 0 Å². The fraction of sp³-hybridized carbons (Fsp3) is 0.692. The van der Waals surface area contributed by atoms with Crippen molar-refractivity contribution >= 4 is 11.9 Å². The Labute approximate surface area is 102 Å². The monoisotopic (exact) mass is 237 g/mol. The van der Waals surface area contributed by atoms with Crippen LogP contribution in [-0.4, -0.2) is 35.0 Å². The quantitative estimate of drug-likeness (QED) is 0.517. The van der Waals surface area contributed by atoms with Gasteiger partial charge >= 0.3 is 6.09 Å². The minimum atomic E-state index is -0.538. The minimum absolute atomic E-state index is 0.198. The number of rotatable bonds is 1. The molecule has 1 fully saturated rings. The van der Waals surface area contributed by atoms with Crippen molar-refractivity contribution in [1.82, 2.24) is 4.90 Å². The number of likely N-dealkylation sites (tertiary alicyclic amines) is 1. The van der Waals surface area contributed by atoms with Crippen LogP contribution in [-0.2, 0) is 9.53 Å². The molecule has 1 atom stereocenters. The van der Waals surface area contributed by atoms with Gasteiger partial charge in [-0.2, -0.15) is 0 Å². The van der Waals surface area contributed by atoms with Gasteiger partial charge in [0.15, 0.2) is 0 Å². The van der Waals surface area contributed by atoms with E-state index in [1.807, 2.05) is 20.8 Å². The van der Waals surface area contributed by atoms with Gasteiger partial charge in [-0.05, 0) is 46.5 Å². The van der Waals surface area contributed by atoms with Gasteiger partial charge in [0.25, 0.3) is 0 Å². The third-order valence-electron chi connectivity index (χ3n) is 2.43. The highest BCUT2D eigenvalue weighted by atomic mass is 16.6.